The SMILES string of the molecule is CC(=O)Nc1ccc(/C=C(/C(=O)NCc2ccccc2)c2nc3ccccc3[nH]2)cc1. The molecule has 0 aliphatic rings. The van der Waals surface area contributed by atoms with E-state index in [1.165, 1.54) is 6.92 Å². The predicted molar refractivity (Wildman–Crippen MR) is 123 cm³/mol. The van der Waals surface area contributed by atoms with Crippen LogP contribution < -0.4 is 10.6 Å². The summed E-state index contributed by atoms with van der Waals surface area (Å²) < 4.78 is 0. The van der Waals surface area contributed by atoms with Crippen molar-refractivity contribution in [3.05, 3.63) is 95.8 Å². The van der Waals surface area contributed by atoms with E-state index >= 15 is 0 Å². The number of carbonyl (C=O) groups is 2. The average Bonchev–Trinajstić information content (AvgIpc) is 3.21. The van der Waals surface area contributed by atoms with Crippen LogP contribution in [0.5, 0.6) is 0 Å². The maximum absolute atomic E-state index is 13.1. The Labute approximate surface area is 180 Å². The summed E-state index contributed by atoms with van der Waals surface area (Å²) in [7, 11) is 0. The molecule has 0 bridgehead atoms. The van der Waals surface area contributed by atoms with E-state index in [9.17, 15) is 9.59 Å². The highest BCUT2D eigenvalue weighted by atomic mass is 16.2. The molecular weight excluding hydrogens is 388 g/mol. The molecule has 4 aromatic rings. The van der Waals surface area contributed by atoms with E-state index in [1.54, 1.807) is 18.2 Å². The van der Waals surface area contributed by atoms with E-state index in [2.05, 4.69) is 20.6 Å². The zero-order valence-electron chi connectivity index (χ0n) is 17.1. The van der Waals surface area contributed by atoms with Gasteiger partial charge in [0, 0.05) is 19.2 Å². The number of hydrogen-bond donors (Lipinski definition) is 3. The fourth-order valence-corrected chi connectivity index (χ4v) is 3.23. The van der Waals surface area contributed by atoms with Gasteiger partial charge < -0.3 is 15.6 Å². The molecule has 3 N–H and O–H groups in total. The van der Waals surface area contributed by atoms with E-state index in [4.69, 9.17) is 0 Å². The number of para-hydroxylation sites is 2. The number of aromatic nitrogens is 2. The molecule has 0 aliphatic carbocycles. The minimum atomic E-state index is -0.228. The van der Waals surface area contributed by atoms with Crippen molar-refractivity contribution in [3.8, 4) is 0 Å². The summed E-state index contributed by atoms with van der Waals surface area (Å²) in [5, 5.41) is 5.71. The molecule has 0 saturated heterocycles. The molecular formula is C25H22N4O2. The summed E-state index contributed by atoms with van der Waals surface area (Å²) in [6, 6.07) is 24.7. The lowest BCUT2D eigenvalue weighted by Gasteiger charge is -2.08. The van der Waals surface area contributed by atoms with Gasteiger partial charge >= 0.3 is 0 Å². The van der Waals surface area contributed by atoms with Crippen LogP contribution in [-0.2, 0) is 16.1 Å². The fourth-order valence-electron chi connectivity index (χ4n) is 3.23. The lowest BCUT2D eigenvalue weighted by molar-refractivity contribution is -0.116. The number of nitrogens with zero attached hydrogens (tertiary/aromatic N) is 1. The summed E-state index contributed by atoms with van der Waals surface area (Å²) in [5.41, 5.74) is 4.61. The Morgan fingerprint density at radius 2 is 1.65 bits per heavy atom. The molecule has 6 heteroatoms. The highest BCUT2D eigenvalue weighted by Crippen LogP contribution is 2.21. The van der Waals surface area contributed by atoms with Gasteiger partial charge in [0.2, 0.25) is 5.91 Å². The molecule has 0 radical (unpaired) electrons. The summed E-state index contributed by atoms with van der Waals surface area (Å²) >= 11 is 0. The first kappa shape index (κ1) is 20.1. The Balaban J connectivity index is 1.65. The normalized spacial score (nSPS) is 11.3. The number of carbonyl (C=O) groups excluding carboxylic acids is 2. The molecule has 0 atom stereocenters. The number of H-pyrrole nitrogens is 1. The van der Waals surface area contributed by atoms with E-state index in [1.807, 2.05) is 66.7 Å². The first-order valence-corrected chi connectivity index (χ1v) is 9.95. The average molecular weight is 410 g/mol. The summed E-state index contributed by atoms with van der Waals surface area (Å²) in [4.78, 5) is 32.2. The van der Waals surface area contributed by atoms with Crippen LogP contribution in [0.15, 0.2) is 78.9 Å². The van der Waals surface area contributed by atoms with Crippen molar-refractivity contribution < 1.29 is 9.59 Å². The first-order valence-electron chi connectivity index (χ1n) is 9.95. The van der Waals surface area contributed by atoms with Crippen LogP contribution in [0.1, 0.15) is 23.9 Å². The molecule has 4 rings (SSSR count). The Morgan fingerprint density at radius 1 is 0.935 bits per heavy atom. The minimum Gasteiger partial charge on any atom is -0.348 e. The third-order valence-electron chi connectivity index (χ3n) is 4.73. The molecule has 6 nitrogen and oxygen atoms in total. The number of imidazole rings is 1. The molecule has 0 unspecified atom stereocenters. The second-order valence-electron chi connectivity index (χ2n) is 7.13. The first-order chi connectivity index (χ1) is 15.1. The largest absolute Gasteiger partial charge is 0.348 e. The Hall–Kier alpha value is -4.19. The monoisotopic (exact) mass is 410 g/mol. The summed E-state index contributed by atoms with van der Waals surface area (Å²) in [5.74, 6) is 0.137. The molecule has 1 aromatic heterocycles. The van der Waals surface area contributed by atoms with Crippen molar-refractivity contribution in [3.63, 3.8) is 0 Å². The van der Waals surface area contributed by atoms with Crippen LogP contribution in [0, 0.1) is 0 Å². The van der Waals surface area contributed by atoms with Gasteiger partial charge in [0.1, 0.15) is 5.82 Å². The zero-order valence-corrected chi connectivity index (χ0v) is 17.1. The number of rotatable bonds is 6. The maximum Gasteiger partial charge on any atom is 0.255 e. The van der Waals surface area contributed by atoms with Crippen LogP contribution in [0.3, 0.4) is 0 Å². The van der Waals surface area contributed by atoms with Crippen LogP contribution in [0.25, 0.3) is 22.7 Å². The highest BCUT2D eigenvalue weighted by Gasteiger charge is 2.16. The zero-order chi connectivity index (χ0) is 21.6. The standard InChI is InChI=1S/C25H22N4O2/c1-17(30)27-20-13-11-18(12-14-20)15-21(24-28-22-9-5-6-10-23(22)29-24)25(31)26-16-19-7-3-2-4-8-19/h2-15H,16H2,1H3,(H,26,31)(H,27,30)(H,28,29)/b21-15+. The van der Waals surface area contributed by atoms with E-state index in [-0.39, 0.29) is 11.8 Å². The van der Waals surface area contributed by atoms with Gasteiger partial charge in [-0.25, -0.2) is 4.98 Å². The number of aromatic amines is 1. The number of anilines is 1. The number of hydrogen-bond acceptors (Lipinski definition) is 3. The molecule has 3 aromatic carbocycles. The third-order valence-corrected chi connectivity index (χ3v) is 4.73. The van der Waals surface area contributed by atoms with E-state index in [0.717, 1.165) is 22.2 Å². The third kappa shape index (κ3) is 5.05. The Kier molecular flexibility index (Phi) is 5.89. The second kappa shape index (κ2) is 9.09. The molecule has 0 fully saturated rings. The van der Waals surface area contributed by atoms with Gasteiger partial charge in [0.25, 0.3) is 5.91 Å². The van der Waals surface area contributed by atoms with Crippen molar-refractivity contribution in [1.82, 2.24) is 15.3 Å². The van der Waals surface area contributed by atoms with E-state index < -0.39 is 0 Å². The predicted octanol–water partition coefficient (Wildman–Crippen LogP) is 4.38. The van der Waals surface area contributed by atoms with Crippen LogP contribution in [0.2, 0.25) is 0 Å². The molecule has 0 saturated carbocycles. The summed E-state index contributed by atoms with van der Waals surface area (Å²) in [6.07, 6.45) is 1.79. The molecule has 1 heterocycles. The van der Waals surface area contributed by atoms with Crippen molar-refractivity contribution >= 4 is 40.2 Å². The van der Waals surface area contributed by atoms with Crippen LogP contribution >= 0.6 is 0 Å². The van der Waals surface area contributed by atoms with Crippen molar-refractivity contribution in [2.45, 2.75) is 13.5 Å². The van der Waals surface area contributed by atoms with E-state index in [0.29, 0.717) is 23.6 Å². The topological polar surface area (TPSA) is 86.9 Å². The number of nitrogens with one attached hydrogen (secondary N) is 3. The van der Waals surface area contributed by atoms with Gasteiger partial charge in [-0.05, 0) is 41.5 Å². The number of amides is 2. The van der Waals surface area contributed by atoms with Gasteiger partial charge in [-0.2, -0.15) is 0 Å². The minimum absolute atomic E-state index is 0.133. The molecule has 154 valence electrons. The van der Waals surface area contributed by atoms with Crippen molar-refractivity contribution in [2.24, 2.45) is 0 Å². The number of benzene rings is 3. The van der Waals surface area contributed by atoms with Gasteiger partial charge in [0.05, 0.1) is 16.6 Å². The lowest BCUT2D eigenvalue weighted by atomic mass is 10.1. The van der Waals surface area contributed by atoms with Gasteiger partial charge in [0.15, 0.2) is 0 Å². The van der Waals surface area contributed by atoms with Gasteiger partial charge in [-0.3, -0.25) is 9.59 Å². The van der Waals surface area contributed by atoms with Crippen LogP contribution in [-0.4, -0.2) is 21.8 Å². The molecule has 2 amide bonds. The van der Waals surface area contributed by atoms with Crippen LogP contribution in [0.4, 0.5) is 5.69 Å². The smallest absolute Gasteiger partial charge is 0.255 e. The Morgan fingerprint density at radius 3 is 2.35 bits per heavy atom. The molecule has 31 heavy (non-hydrogen) atoms. The van der Waals surface area contributed by atoms with Gasteiger partial charge in [-0.15, -0.1) is 0 Å². The lowest BCUT2D eigenvalue weighted by Crippen LogP contribution is -2.24. The highest BCUT2D eigenvalue weighted by molar-refractivity contribution is 6.23. The Bertz CT molecular complexity index is 1210. The molecule has 0 spiro atoms. The van der Waals surface area contributed by atoms with Crippen molar-refractivity contribution in [2.75, 3.05) is 5.32 Å². The van der Waals surface area contributed by atoms with Crippen molar-refractivity contribution in [1.29, 1.82) is 0 Å². The second-order valence-corrected chi connectivity index (χ2v) is 7.13. The van der Waals surface area contributed by atoms with Gasteiger partial charge in [-0.1, -0.05) is 54.6 Å². The quantitative estimate of drug-likeness (QED) is 0.412. The maximum atomic E-state index is 13.1. The summed E-state index contributed by atoms with van der Waals surface area (Å²) in [6.45, 7) is 1.88. The number of fused-ring (bicyclic) bond motifs is 1. The fraction of sp³-hybridized carbons (Fsp3) is 0.0800. The molecule has 0 aliphatic heterocycles.